The van der Waals surface area contributed by atoms with E-state index in [-0.39, 0.29) is 10.8 Å². The summed E-state index contributed by atoms with van der Waals surface area (Å²) in [6.07, 6.45) is 0. The van der Waals surface area contributed by atoms with Crippen LogP contribution in [0.3, 0.4) is 0 Å². The predicted molar refractivity (Wildman–Crippen MR) is 275 cm³/mol. The molecule has 0 unspecified atom stereocenters. The van der Waals surface area contributed by atoms with Gasteiger partial charge in [0.25, 0.3) is 0 Å². The van der Waals surface area contributed by atoms with E-state index < -0.39 is 5.41 Å². The molecule has 0 amide bonds. The van der Waals surface area contributed by atoms with Crippen molar-refractivity contribution in [3.05, 3.63) is 257 Å². The van der Waals surface area contributed by atoms with Crippen molar-refractivity contribution in [2.45, 2.75) is 43.9 Å². The van der Waals surface area contributed by atoms with Crippen molar-refractivity contribution in [1.82, 2.24) is 0 Å². The SMILES string of the molecule is CC1(C)c2ccccc2-c2ccc(N(c3ccc4c(c3)C3(c5ccccc5-c5ccccc53)c3ccccc3-4)c3cc4c(c5ccccc35)C(C)(C)c3cc(-c5ccccc5)ccc3-4)cc21. The van der Waals surface area contributed by atoms with Crippen LogP contribution in [0, 0.1) is 0 Å². The number of hydrogen-bond donors (Lipinski definition) is 0. The van der Waals surface area contributed by atoms with Crippen LogP contribution >= 0.6 is 0 Å². The lowest BCUT2D eigenvalue weighted by Gasteiger charge is -2.33. The summed E-state index contributed by atoms with van der Waals surface area (Å²) in [6, 6.07) is 80.7. The monoisotopic (exact) mass is 841 g/mol. The molecule has 4 aliphatic carbocycles. The summed E-state index contributed by atoms with van der Waals surface area (Å²) in [4.78, 5) is 2.59. The standard InChI is InChI=1S/C65H47N/c1-63(2)54-26-14-10-20-44(54)48-34-31-42(37-59(48)63)66(61-39-53-50-33-30-41(40-18-6-5-7-19-40)36-58(50)64(3,4)62(53)52-25-9-8-24-51(52)61)43-32-35-49-47-23-13-17-29-57(47)65(60(49)38-43)55-27-15-11-21-45(55)46-22-12-16-28-56(46)65/h5-39H,1-4H3. The second-order valence-corrected chi connectivity index (χ2v) is 20.0. The molecule has 0 heterocycles. The van der Waals surface area contributed by atoms with Gasteiger partial charge in [-0.05, 0) is 142 Å². The van der Waals surface area contributed by atoms with Gasteiger partial charge in [-0.25, -0.2) is 0 Å². The zero-order valence-electron chi connectivity index (χ0n) is 37.7. The molecule has 0 fully saturated rings. The van der Waals surface area contributed by atoms with Gasteiger partial charge in [-0.15, -0.1) is 0 Å². The van der Waals surface area contributed by atoms with Crippen LogP contribution in [-0.2, 0) is 16.2 Å². The third-order valence-corrected chi connectivity index (χ3v) is 16.0. The Morgan fingerprint density at radius 2 is 0.727 bits per heavy atom. The van der Waals surface area contributed by atoms with Crippen LogP contribution in [0.1, 0.15) is 72.2 Å². The summed E-state index contributed by atoms with van der Waals surface area (Å²) in [6.45, 7) is 9.63. The number of nitrogens with zero attached hydrogens (tertiary/aromatic N) is 1. The average Bonchev–Trinajstić information content (AvgIpc) is 3.99. The van der Waals surface area contributed by atoms with Crippen molar-refractivity contribution >= 4 is 27.8 Å². The number of anilines is 3. The predicted octanol–water partition coefficient (Wildman–Crippen LogP) is 16.9. The second kappa shape index (κ2) is 13.2. The van der Waals surface area contributed by atoms with Crippen LogP contribution in [0.5, 0.6) is 0 Å². The van der Waals surface area contributed by atoms with E-state index in [1.54, 1.807) is 0 Å². The first-order valence-corrected chi connectivity index (χ1v) is 23.5. The Labute approximate surface area is 387 Å². The highest BCUT2D eigenvalue weighted by Gasteiger charge is 2.52. The lowest BCUT2D eigenvalue weighted by atomic mass is 9.70. The van der Waals surface area contributed by atoms with E-state index in [4.69, 9.17) is 0 Å². The van der Waals surface area contributed by atoms with Crippen molar-refractivity contribution in [2.75, 3.05) is 4.90 Å². The molecule has 0 bridgehead atoms. The molecule has 0 aliphatic heterocycles. The summed E-state index contributed by atoms with van der Waals surface area (Å²) in [5.74, 6) is 0. The van der Waals surface area contributed by atoms with Gasteiger partial charge in [0.15, 0.2) is 0 Å². The number of rotatable bonds is 4. The fourth-order valence-corrected chi connectivity index (χ4v) is 13.1. The van der Waals surface area contributed by atoms with E-state index in [1.165, 1.54) is 117 Å². The van der Waals surface area contributed by atoms with Gasteiger partial charge >= 0.3 is 0 Å². The summed E-state index contributed by atoms with van der Waals surface area (Å²) < 4.78 is 0. The Morgan fingerprint density at radius 3 is 1.35 bits per heavy atom. The van der Waals surface area contributed by atoms with E-state index in [1.807, 2.05) is 0 Å². The van der Waals surface area contributed by atoms with Crippen LogP contribution in [0.4, 0.5) is 17.1 Å². The molecule has 1 heteroatoms. The third-order valence-electron chi connectivity index (χ3n) is 16.0. The molecule has 0 radical (unpaired) electrons. The maximum atomic E-state index is 2.59. The molecule has 0 atom stereocenters. The molecular formula is C65H47N. The minimum absolute atomic E-state index is 0.159. The van der Waals surface area contributed by atoms with Gasteiger partial charge in [0.05, 0.1) is 11.1 Å². The summed E-state index contributed by atoms with van der Waals surface area (Å²) in [7, 11) is 0. The van der Waals surface area contributed by atoms with Crippen LogP contribution in [-0.4, -0.2) is 0 Å². The molecule has 0 saturated heterocycles. The van der Waals surface area contributed by atoms with Crippen LogP contribution < -0.4 is 4.90 Å². The molecule has 10 aromatic carbocycles. The van der Waals surface area contributed by atoms with Crippen LogP contribution in [0.2, 0.25) is 0 Å². The quantitative estimate of drug-likeness (QED) is 0.171. The fourth-order valence-electron chi connectivity index (χ4n) is 13.1. The van der Waals surface area contributed by atoms with Crippen LogP contribution in [0.25, 0.3) is 66.4 Å². The van der Waals surface area contributed by atoms with Gasteiger partial charge in [0, 0.05) is 27.6 Å². The molecule has 0 aromatic heterocycles. The highest BCUT2D eigenvalue weighted by atomic mass is 15.1. The topological polar surface area (TPSA) is 3.24 Å². The maximum absolute atomic E-state index is 2.59. The minimum atomic E-state index is -0.457. The summed E-state index contributed by atoms with van der Waals surface area (Å²) in [5.41, 5.74) is 26.6. The molecule has 4 aliphatic rings. The number of hydrogen-bond acceptors (Lipinski definition) is 1. The molecule has 1 nitrogen and oxygen atoms in total. The van der Waals surface area contributed by atoms with Crippen molar-refractivity contribution in [3.63, 3.8) is 0 Å². The van der Waals surface area contributed by atoms with Crippen LogP contribution in [0.15, 0.2) is 212 Å². The normalized spacial score (nSPS) is 15.3. The largest absolute Gasteiger partial charge is 0.310 e. The third kappa shape index (κ3) is 4.75. The Kier molecular flexibility index (Phi) is 7.51. The van der Waals surface area contributed by atoms with E-state index in [0.29, 0.717) is 0 Å². The first kappa shape index (κ1) is 37.6. The van der Waals surface area contributed by atoms with Crippen molar-refractivity contribution in [1.29, 1.82) is 0 Å². The smallest absolute Gasteiger partial charge is 0.0726 e. The molecule has 10 aromatic rings. The molecule has 0 N–H and O–H groups in total. The van der Waals surface area contributed by atoms with Gasteiger partial charge in [-0.2, -0.15) is 0 Å². The Morgan fingerprint density at radius 1 is 0.288 bits per heavy atom. The summed E-state index contributed by atoms with van der Waals surface area (Å²) in [5, 5.41) is 2.55. The van der Waals surface area contributed by atoms with Crippen molar-refractivity contribution in [2.24, 2.45) is 0 Å². The zero-order valence-corrected chi connectivity index (χ0v) is 37.7. The fraction of sp³-hybridized carbons (Fsp3) is 0.108. The second-order valence-electron chi connectivity index (χ2n) is 20.0. The van der Waals surface area contributed by atoms with Gasteiger partial charge < -0.3 is 4.90 Å². The lowest BCUT2D eigenvalue weighted by molar-refractivity contribution is 0.660. The van der Waals surface area contributed by atoms with E-state index in [9.17, 15) is 0 Å². The zero-order chi connectivity index (χ0) is 44.1. The van der Waals surface area contributed by atoms with Crippen molar-refractivity contribution in [3.8, 4) is 55.6 Å². The van der Waals surface area contributed by atoms with Gasteiger partial charge in [-0.1, -0.05) is 204 Å². The van der Waals surface area contributed by atoms with Gasteiger partial charge in [0.1, 0.15) is 0 Å². The molecule has 14 rings (SSSR count). The Balaban J connectivity index is 1.06. The number of fused-ring (bicyclic) bond motifs is 18. The molecule has 66 heavy (non-hydrogen) atoms. The lowest BCUT2D eigenvalue weighted by Crippen LogP contribution is -2.26. The highest BCUT2D eigenvalue weighted by molar-refractivity contribution is 6.08. The van der Waals surface area contributed by atoms with Crippen molar-refractivity contribution < 1.29 is 0 Å². The minimum Gasteiger partial charge on any atom is -0.310 e. The molecule has 312 valence electrons. The first-order valence-electron chi connectivity index (χ1n) is 23.5. The van der Waals surface area contributed by atoms with Gasteiger partial charge in [-0.3, -0.25) is 0 Å². The van der Waals surface area contributed by atoms with E-state index >= 15 is 0 Å². The highest BCUT2D eigenvalue weighted by Crippen LogP contribution is 2.64. The van der Waals surface area contributed by atoms with E-state index in [2.05, 4.69) is 245 Å². The molecule has 0 saturated carbocycles. The first-order chi connectivity index (χ1) is 32.3. The summed E-state index contributed by atoms with van der Waals surface area (Å²) >= 11 is 0. The number of benzene rings is 10. The van der Waals surface area contributed by atoms with Gasteiger partial charge in [0.2, 0.25) is 0 Å². The Hall–Kier alpha value is -7.74. The average molecular weight is 842 g/mol. The maximum Gasteiger partial charge on any atom is 0.0726 e. The molecule has 1 spiro atoms. The van der Waals surface area contributed by atoms with E-state index in [0.717, 1.165) is 11.4 Å². The molecular weight excluding hydrogens is 795 g/mol. The Bertz CT molecular complexity index is 3650.